The van der Waals surface area contributed by atoms with Crippen molar-refractivity contribution in [3.8, 4) is 0 Å². The molecule has 0 saturated heterocycles. The van der Waals surface area contributed by atoms with Crippen LogP contribution in [-0.4, -0.2) is 20.0 Å². The molecular formula is C19H25ClO3S. The molecule has 0 aromatic heterocycles. The molecule has 132 valence electrons. The Morgan fingerprint density at radius 1 is 1.21 bits per heavy atom. The summed E-state index contributed by atoms with van der Waals surface area (Å²) in [7, 11) is 1.83. The van der Waals surface area contributed by atoms with E-state index in [1.54, 1.807) is 0 Å². The predicted molar refractivity (Wildman–Crippen MR) is 99.8 cm³/mol. The summed E-state index contributed by atoms with van der Waals surface area (Å²) in [4.78, 5) is 12.8. The molecule has 0 amide bonds. The highest BCUT2D eigenvalue weighted by Crippen LogP contribution is 2.38. The Labute approximate surface area is 149 Å². The van der Waals surface area contributed by atoms with Gasteiger partial charge in [-0.05, 0) is 43.2 Å². The first-order valence-corrected chi connectivity index (χ1v) is 11.0. The minimum atomic E-state index is -3.39. The highest BCUT2D eigenvalue weighted by atomic mass is 35.7. The lowest BCUT2D eigenvalue weighted by molar-refractivity contribution is 0.0870. The standard InChI is InChI=1S/C19H25ClO3S/c1-3-15-13-18(19(21)17-11-7-6-10-16(15)17)14(2)9-5-4-8-12-24(20,22)23/h3,6-7,10-11,14,18H,4-5,8-9,12-13H2,1-2H3/b15-3-. The number of fused-ring (bicyclic) bond motifs is 1. The third-order valence-electron chi connectivity index (χ3n) is 4.90. The molecule has 2 unspecified atom stereocenters. The van der Waals surface area contributed by atoms with Crippen molar-refractivity contribution in [2.45, 2.75) is 46.0 Å². The zero-order chi connectivity index (χ0) is 17.7. The van der Waals surface area contributed by atoms with Crippen LogP contribution in [0.15, 0.2) is 30.3 Å². The van der Waals surface area contributed by atoms with E-state index in [-0.39, 0.29) is 23.4 Å². The van der Waals surface area contributed by atoms with E-state index < -0.39 is 9.05 Å². The third-order valence-corrected chi connectivity index (χ3v) is 6.14. The first-order chi connectivity index (χ1) is 11.3. The lowest BCUT2D eigenvalue weighted by Crippen LogP contribution is -2.27. The van der Waals surface area contributed by atoms with E-state index in [0.29, 0.717) is 6.42 Å². The van der Waals surface area contributed by atoms with Crippen molar-refractivity contribution in [3.05, 3.63) is 41.5 Å². The second-order valence-corrected chi connectivity index (χ2v) is 9.50. The minimum absolute atomic E-state index is 0.0165. The zero-order valence-electron chi connectivity index (χ0n) is 14.3. The predicted octanol–water partition coefficient (Wildman–Crippen LogP) is 5.06. The Hall–Kier alpha value is -1.13. The SMILES string of the molecule is C/C=C1/CC(C(C)CCCCCS(=O)(=O)Cl)C(=O)c2ccccc21. The molecule has 0 heterocycles. The van der Waals surface area contributed by atoms with Gasteiger partial charge in [-0.25, -0.2) is 8.42 Å². The molecule has 0 fully saturated rings. The fourth-order valence-electron chi connectivity index (χ4n) is 3.47. The van der Waals surface area contributed by atoms with E-state index in [1.165, 1.54) is 5.57 Å². The molecule has 2 rings (SSSR count). The quantitative estimate of drug-likeness (QED) is 0.499. The van der Waals surface area contributed by atoms with Crippen LogP contribution in [0.4, 0.5) is 0 Å². The van der Waals surface area contributed by atoms with Crippen LogP contribution in [0.3, 0.4) is 0 Å². The summed E-state index contributed by atoms with van der Waals surface area (Å²) in [6, 6.07) is 7.84. The van der Waals surface area contributed by atoms with E-state index in [4.69, 9.17) is 10.7 Å². The number of carbonyl (C=O) groups is 1. The summed E-state index contributed by atoms with van der Waals surface area (Å²) in [5, 5.41) is 0. The van der Waals surface area contributed by atoms with Gasteiger partial charge in [-0.3, -0.25) is 4.79 Å². The highest BCUT2D eigenvalue weighted by molar-refractivity contribution is 8.13. The number of rotatable bonds is 7. The molecule has 1 aromatic carbocycles. The van der Waals surface area contributed by atoms with Crippen LogP contribution in [0.1, 0.15) is 61.9 Å². The maximum Gasteiger partial charge on any atom is 0.232 e. The van der Waals surface area contributed by atoms with Gasteiger partial charge in [0, 0.05) is 22.2 Å². The van der Waals surface area contributed by atoms with Crippen LogP contribution in [-0.2, 0) is 9.05 Å². The first-order valence-electron chi connectivity index (χ1n) is 8.54. The smallest absolute Gasteiger partial charge is 0.232 e. The van der Waals surface area contributed by atoms with Crippen LogP contribution in [0.25, 0.3) is 5.57 Å². The topological polar surface area (TPSA) is 51.2 Å². The van der Waals surface area contributed by atoms with Gasteiger partial charge in [0.25, 0.3) is 0 Å². The number of Topliss-reactive ketones (excluding diaryl/α,β-unsaturated/α-hetero) is 1. The third kappa shape index (κ3) is 4.93. The average molecular weight is 369 g/mol. The number of ketones is 1. The summed E-state index contributed by atoms with van der Waals surface area (Å²) < 4.78 is 21.8. The maximum atomic E-state index is 12.8. The van der Waals surface area contributed by atoms with Crippen LogP contribution in [0.5, 0.6) is 0 Å². The molecule has 0 bridgehead atoms. The minimum Gasteiger partial charge on any atom is -0.294 e. The van der Waals surface area contributed by atoms with Crippen molar-refractivity contribution < 1.29 is 13.2 Å². The Balaban J connectivity index is 1.96. The molecule has 1 aliphatic carbocycles. The van der Waals surface area contributed by atoms with Gasteiger partial charge in [0.05, 0.1) is 5.75 Å². The molecule has 2 atom stereocenters. The Kier molecular flexibility index (Phi) is 6.64. The van der Waals surface area contributed by atoms with E-state index in [0.717, 1.165) is 36.8 Å². The number of allylic oxidation sites excluding steroid dienone is 2. The van der Waals surface area contributed by atoms with Crippen LogP contribution in [0.2, 0.25) is 0 Å². The fraction of sp³-hybridized carbons (Fsp3) is 0.526. The van der Waals surface area contributed by atoms with Gasteiger partial charge in [0.1, 0.15) is 0 Å². The van der Waals surface area contributed by atoms with Gasteiger partial charge >= 0.3 is 0 Å². The van der Waals surface area contributed by atoms with Crippen LogP contribution >= 0.6 is 10.7 Å². The van der Waals surface area contributed by atoms with Crippen molar-refractivity contribution >= 4 is 31.1 Å². The van der Waals surface area contributed by atoms with Gasteiger partial charge in [0.2, 0.25) is 9.05 Å². The first kappa shape index (κ1) is 19.2. The lowest BCUT2D eigenvalue weighted by Gasteiger charge is -2.30. The largest absolute Gasteiger partial charge is 0.294 e. The lowest BCUT2D eigenvalue weighted by atomic mass is 9.73. The van der Waals surface area contributed by atoms with E-state index in [9.17, 15) is 13.2 Å². The molecule has 5 heteroatoms. The second-order valence-electron chi connectivity index (χ2n) is 6.60. The van der Waals surface area contributed by atoms with E-state index in [2.05, 4.69) is 13.0 Å². The number of hydrogen-bond acceptors (Lipinski definition) is 3. The Morgan fingerprint density at radius 3 is 2.50 bits per heavy atom. The Bertz CT molecular complexity index is 722. The van der Waals surface area contributed by atoms with Crippen molar-refractivity contribution in [1.82, 2.24) is 0 Å². The fourth-order valence-corrected chi connectivity index (χ4v) is 4.35. The Morgan fingerprint density at radius 2 is 1.88 bits per heavy atom. The van der Waals surface area contributed by atoms with E-state index >= 15 is 0 Å². The molecule has 1 aromatic rings. The molecule has 24 heavy (non-hydrogen) atoms. The monoisotopic (exact) mass is 368 g/mol. The second kappa shape index (κ2) is 8.30. The van der Waals surface area contributed by atoms with Gasteiger partial charge in [-0.15, -0.1) is 0 Å². The van der Waals surface area contributed by atoms with Crippen LogP contribution < -0.4 is 0 Å². The molecule has 1 aliphatic rings. The molecular weight excluding hydrogens is 344 g/mol. The average Bonchev–Trinajstić information content (AvgIpc) is 2.54. The normalized spacial score (nSPS) is 20.9. The molecule has 3 nitrogen and oxygen atoms in total. The van der Waals surface area contributed by atoms with Gasteiger partial charge in [0.15, 0.2) is 5.78 Å². The zero-order valence-corrected chi connectivity index (χ0v) is 15.9. The summed E-state index contributed by atoms with van der Waals surface area (Å²) in [5.74, 6) is 0.574. The van der Waals surface area contributed by atoms with E-state index in [1.807, 2.05) is 31.2 Å². The molecule has 0 spiro atoms. The molecule has 0 aliphatic heterocycles. The van der Waals surface area contributed by atoms with Crippen molar-refractivity contribution in [2.24, 2.45) is 11.8 Å². The molecule has 0 N–H and O–H groups in total. The van der Waals surface area contributed by atoms with Crippen molar-refractivity contribution in [2.75, 3.05) is 5.75 Å². The molecule has 0 radical (unpaired) electrons. The van der Waals surface area contributed by atoms with Crippen molar-refractivity contribution in [3.63, 3.8) is 0 Å². The number of unbranched alkanes of at least 4 members (excludes halogenated alkanes) is 2. The van der Waals surface area contributed by atoms with Gasteiger partial charge < -0.3 is 0 Å². The van der Waals surface area contributed by atoms with Gasteiger partial charge in [-0.1, -0.05) is 50.1 Å². The number of benzene rings is 1. The molecule has 0 saturated carbocycles. The van der Waals surface area contributed by atoms with Crippen molar-refractivity contribution in [1.29, 1.82) is 0 Å². The van der Waals surface area contributed by atoms with Gasteiger partial charge in [-0.2, -0.15) is 0 Å². The number of carbonyl (C=O) groups excluding carboxylic acids is 1. The summed E-state index contributed by atoms with van der Waals surface area (Å²) in [6.07, 6.45) is 6.16. The summed E-state index contributed by atoms with van der Waals surface area (Å²) in [6.45, 7) is 4.15. The maximum absolute atomic E-state index is 12.8. The summed E-state index contributed by atoms with van der Waals surface area (Å²) in [5.41, 5.74) is 3.15. The van der Waals surface area contributed by atoms with Crippen LogP contribution in [0, 0.1) is 11.8 Å². The number of halogens is 1. The number of hydrogen-bond donors (Lipinski definition) is 0. The highest BCUT2D eigenvalue weighted by Gasteiger charge is 2.32. The summed E-state index contributed by atoms with van der Waals surface area (Å²) >= 11 is 0.